The Morgan fingerprint density at radius 1 is 1.60 bits per heavy atom. The maximum Gasteiger partial charge on any atom is 0.230 e. The van der Waals surface area contributed by atoms with E-state index in [9.17, 15) is 4.79 Å². The molecule has 0 radical (unpaired) electrons. The highest BCUT2D eigenvalue weighted by Crippen LogP contribution is 1.99. The van der Waals surface area contributed by atoms with Gasteiger partial charge in [-0.25, -0.2) is 5.43 Å². The van der Waals surface area contributed by atoms with Gasteiger partial charge in [-0.2, -0.15) is 0 Å². The lowest BCUT2D eigenvalue weighted by Gasteiger charge is -2.03. The molecule has 0 atom stereocenters. The minimum absolute atomic E-state index is 0.0363. The second-order valence-electron chi connectivity index (χ2n) is 2.45. The van der Waals surface area contributed by atoms with Crippen LogP contribution >= 0.6 is 0 Å². The van der Waals surface area contributed by atoms with Crippen LogP contribution in [0.25, 0.3) is 0 Å². The molecule has 1 fully saturated rings. The number of nitrogens with zero attached hydrogens (tertiary/aromatic N) is 1. The van der Waals surface area contributed by atoms with Gasteiger partial charge in [0, 0.05) is 33.1 Å². The third-order valence-electron chi connectivity index (χ3n) is 1.36. The van der Waals surface area contributed by atoms with Crippen molar-refractivity contribution in [3.8, 4) is 0 Å². The Morgan fingerprint density at radius 3 is 2.80 bits per heavy atom. The van der Waals surface area contributed by atoms with Gasteiger partial charge in [0.2, 0.25) is 5.91 Å². The van der Waals surface area contributed by atoms with Crippen LogP contribution in [-0.4, -0.2) is 37.0 Å². The fourth-order valence-corrected chi connectivity index (χ4v) is 0.695. The first-order chi connectivity index (χ1) is 4.79. The lowest BCUT2D eigenvalue weighted by Crippen LogP contribution is -2.38. The molecule has 1 rings (SSSR count). The fourth-order valence-electron chi connectivity index (χ4n) is 0.695. The van der Waals surface area contributed by atoms with E-state index >= 15 is 0 Å². The minimum Gasteiger partial charge on any atom is -0.299 e. The van der Waals surface area contributed by atoms with Crippen molar-refractivity contribution in [2.75, 3.05) is 26.2 Å². The molecule has 0 aliphatic carbocycles. The maximum atomic E-state index is 10.3. The highest BCUT2D eigenvalue weighted by molar-refractivity contribution is 5.72. The Labute approximate surface area is 60.5 Å². The molecule has 1 aliphatic heterocycles. The highest BCUT2D eigenvalue weighted by atomic mass is 16.2. The molecule has 58 valence electrons. The molecule has 1 heterocycles. The van der Waals surface area contributed by atoms with Gasteiger partial charge in [-0.1, -0.05) is 0 Å². The number of hydrazine groups is 1. The van der Waals surface area contributed by atoms with Crippen molar-refractivity contribution in [3.63, 3.8) is 0 Å². The number of carbonyl (C=O) groups excluding carboxylic acids is 1. The number of amides is 1. The monoisotopic (exact) mass is 143 g/mol. The van der Waals surface area contributed by atoms with Crippen LogP contribution in [0.1, 0.15) is 6.92 Å². The van der Waals surface area contributed by atoms with Crippen LogP contribution in [-0.2, 0) is 4.79 Å². The summed E-state index contributed by atoms with van der Waals surface area (Å²) in [7, 11) is 0. The van der Waals surface area contributed by atoms with Crippen molar-refractivity contribution in [2.24, 2.45) is 0 Å². The fraction of sp³-hybridized carbons (Fsp3) is 0.833. The largest absolute Gasteiger partial charge is 0.299 e. The third-order valence-corrected chi connectivity index (χ3v) is 1.36. The molecule has 0 aromatic heterocycles. The Bertz CT molecular complexity index is 122. The number of hydrogen-bond donors (Lipinski definition) is 2. The zero-order chi connectivity index (χ0) is 7.40. The second kappa shape index (κ2) is 3.53. The Hall–Kier alpha value is -0.610. The first-order valence-corrected chi connectivity index (χ1v) is 3.51. The van der Waals surface area contributed by atoms with Gasteiger partial charge >= 0.3 is 0 Å². The Balaban J connectivity index is 1.80. The molecule has 1 amide bonds. The van der Waals surface area contributed by atoms with E-state index in [2.05, 4.69) is 15.8 Å². The average molecular weight is 143 g/mol. The summed E-state index contributed by atoms with van der Waals surface area (Å²) < 4.78 is 0. The zero-order valence-electron chi connectivity index (χ0n) is 6.18. The van der Waals surface area contributed by atoms with Gasteiger partial charge in [0.1, 0.15) is 0 Å². The minimum atomic E-state index is -0.0363. The third kappa shape index (κ3) is 3.42. The molecule has 0 spiro atoms. The number of carbonyl (C=O) groups is 1. The summed E-state index contributed by atoms with van der Waals surface area (Å²) in [6.07, 6.45) is 0. The van der Waals surface area contributed by atoms with E-state index in [-0.39, 0.29) is 5.91 Å². The molecule has 2 N–H and O–H groups in total. The van der Waals surface area contributed by atoms with Crippen LogP contribution in [0, 0.1) is 0 Å². The normalized spacial score (nSPS) is 16.9. The lowest BCUT2D eigenvalue weighted by atomic mass is 10.6. The number of hydrogen-bond acceptors (Lipinski definition) is 3. The summed E-state index contributed by atoms with van der Waals surface area (Å²) >= 11 is 0. The molecule has 0 aromatic carbocycles. The topological polar surface area (TPSA) is 44.1 Å². The molecular formula is C6H13N3O. The van der Waals surface area contributed by atoms with Crippen molar-refractivity contribution >= 4 is 5.91 Å². The zero-order valence-corrected chi connectivity index (χ0v) is 6.18. The van der Waals surface area contributed by atoms with E-state index < -0.39 is 0 Å². The van der Waals surface area contributed by atoms with Crippen LogP contribution in [0.3, 0.4) is 0 Å². The van der Waals surface area contributed by atoms with Crippen molar-refractivity contribution in [1.82, 2.24) is 15.8 Å². The van der Waals surface area contributed by atoms with Crippen LogP contribution < -0.4 is 10.9 Å². The van der Waals surface area contributed by atoms with Crippen LogP contribution in [0.4, 0.5) is 0 Å². The van der Waals surface area contributed by atoms with Crippen molar-refractivity contribution in [2.45, 2.75) is 6.92 Å². The summed E-state index contributed by atoms with van der Waals surface area (Å²) in [6.45, 7) is 5.77. The molecule has 0 saturated carbocycles. The average Bonchev–Trinajstić information content (AvgIpc) is 2.62. The SMILES string of the molecule is CC(=O)NNCCN1CC1. The predicted molar refractivity (Wildman–Crippen MR) is 38.3 cm³/mol. The predicted octanol–water partition coefficient (Wildman–Crippen LogP) is -1.06. The van der Waals surface area contributed by atoms with Crippen molar-refractivity contribution < 1.29 is 4.79 Å². The summed E-state index contributed by atoms with van der Waals surface area (Å²) in [6, 6.07) is 0. The van der Waals surface area contributed by atoms with Crippen LogP contribution in [0.5, 0.6) is 0 Å². The van der Waals surface area contributed by atoms with Crippen LogP contribution in [0.15, 0.2) is 0 Å². The quantitative estimate of drug-likeness (QED) is 0.299. The van der Waals surface area contributed by atoms with Gasteiger partial charge in [-0.3, -0.25) is 15.1 Å². The number of rotatable bonds is 4. The van der Waals surface area contributed by atoms with Gasteiger partial charge < -0.3 is 0 Å². The molecule has 0 bridgehead atoms. The highest BCUT2D eigenvalue weighted by Gasteiger charge is 2.15. The maximum absolute atomic E-state index is 10.3. The second-order valence-corrected chi connectivity index (χ2v) is 2.45. The molecule has 4 heteroatoms. The summed E-state index contributed by atoms with van der Waals surface area (Å²) in [4.78, 5) is 12.6. The van der Waals surface area contributed by atoms with Gasteiger partial charge in [0.25, 0.3) is 0 Å². The van der Waals surface area contributed by atoms with E-state index in [4.69, 9.17) is 0 Å². The standard InChI is InChI=1S/C6H13N3O/c1-6(10)8-7-2-3-9-4-5-9/h7H,2-5H2,1H3,(H,8,10). The lowest BCUT2D eigenvalue weighted by molar-refractivity contribution is -0.119. The first-order valence-electron chi connectivity index (χ1n) is 3.51. The summed E-state index contributed by atoms with van der Waals surface area (Å²) in [5.74, 6) is -0.0363. The molecule has 4 nitrogen and oxygen atoms in total. The molecular weight excluding hydrogens is 130 g/mol. The molecule has 0 aromatic rings. The Morgan fingerprint density at radius 2 is 2.30 bits per heavy atom. The first kappa shape index (κ1) is 7.50. The van der Waals surface area contributed by atoms with Gasteiger partial charge in [0.05, 0.1) is 0 Å². The summed E-state index contributed by atoms with van der Waals surface area (Å²) in [5.41, 5.74) is 5.33. The van der Waals surface area contributed by atoms with Crippen LogP contribution in [0.2, 0.25) is 0 Å². The molecule has 0 unspecified atom stereocenters. The molecule has 1 saturated heterocycles. The van der Waals surface area contributed by atoms with E-state index in [0.29, 0.717) is 0 Å². The van der Waals surface area contributed by atoms with Crippen molar-refractivity contribution in [3.05, 3.63) is 0 Å². The van der Waals surface area contributed by atoms with E-state index in [1.54, 1.807) is 0 Å². The van der Waals surface area contributed by atoms with Gasteiger partial charge in [-0.15, -0.1) is 0 Å². The molecule has 1 aliphatic rings. The smallest absolute Gasteiger partial charge is 0.230 e. The van der Waals surface area contributed by atoms with Gasteiger partial charge in [0.15, 0.2) is 0 Å². The van der Waals surface area contributed by atoms with E-state index in [1.807, 2.05) is 0 Å². The molecule has 10 heavy (non-hydrogen) atoms. The van der Waals surface area contributed by atoms with Crippen molar-refractivity contribution in [1.29, 1.82) is 0 Å². The Kier molecular flexibility index (Phi) is 2.65. The number of nitrogens with one attached hydrogen (secondary N) is 2. The van der Waals surface area contributed by atoms with Gasteiger partial charge in [-0.05, 0) is 0 Å². The summed E-state index contributed by atoms with van der Waals surface area (Å²) in [5, 5.41) is 0. The van der Waals surface area contributed by atoms with E-state index in [0.717, 1.165) is 13.1 Å². The van der Waals surface area contributed by atoms with E-state index in [1.165, 1.54) is 20.0 Å².